The van der Waals surface area contributed by atoms with E-state index in [-0.39, 0.29) is 12.2 Å². The van der Waals surface area contributed by atoms with Crippen molar-refractivity contribution in [3.05, 3.63) is 34.4 Å². The van der Waals surface area contributed by atoms with Gasteiger partial charge < -0.3 is 15.0 Å². The lowest BCUT2D eigenvalue weighted by atomic mass is 10.3. The Balaban J connectivity index is 2.78. The van der Waals surface area contributed by atoms with E-state index in [4.69, 9.17) is 0 Å². The Morgan fingerprint density at radius 1 is 1.43 bits per heavy atom. The third kappa shape index (κ3) is 5.09. The molecule has 0 saturated heterocycles. The molecule has 0 aliphatic rings. The molecule has 8 nitrogen and oxygen atoms in total. The zero-order valence-corrected chi connectivity index (χ0v) is 11.9. The fourth-order valence-electron chi connectivity index (χ4n) is 1.64. The van der Waals surface area contributed by atoms with Crippen molar-refractivity contribution in [3.8, 4) is 0 Å². The molecular formula is C13H17N3O5. The van der Waals surface area contributed by atoms with Crippen molar-refractivity contribution in [2.24, 2.45) is 0 Å². The van der Waals surface area contributed by atoms with Crippen molar-refractivity contribution in [1.82, 2.24) is 4.90 Å². The zero-order chi connectivity index (χ0) is 15.8. The predicted molar refractivity (Wildman–Crippen MR) is 76.0 cm³/mol. The Labute approximate surface area is 121 Å². The second-order valence-electron chi connectivity index (χ2n) is 4.24. The number of carbonyl (C=O) groups excluding carboxylic acids is 2. The molecule has 0 spiro atoms. The molecule has 0 aliphatic carbocycles. The van der Waals surface area contributed by atoms with Gasteiger partial charge in [-0.2, -0.15) is 0 Å². The lowest BCUT2D eigenvalue weighted by Crippen LogP contribution is -2.39. The largest absolute Gasteiger partial charge is 0.468 e. The van der Waals surface area contributed by atoms with E-state index in [0.717, 1.165) is 0 Å². The van der Waals surface area contributed by atoms with Crippen LogP contribution in [-0.2, 0) is 9.53 Å². The molecule has 1 rings (SSSR count). The first kappa shape index (κ1) is 16.4. The van der Waals surface area contributed by atoms with Crippen molar-refractivity contribution in [2.45, 2.75) is 13.3 Å². The van der Waals surface area contributed by atoms with E-state index in [0.29, 0.717) is 18.7 Å². The minimum atomic E-state index is -0.548. The van der Waals surface area contributed by atoms with E-state index in [9.17, 15) is 19.7 Å². The topological polar surface area (TPSA) is 102 Å². The number of nitrogens with one attached hydrogen (secondary N) is 1. The van der Waals surface area contributed by atoms with Gasteiger partial charge in [0.1, 0.15) is 6.54 Å². The van der Waals surface area contributed by atoms with E-state index < -0.39 is 16.9 Å². The molecule has 0 fully saturated rings. The number of hydrogen-bond donors (Lipinski definition) is 1. The predicted octanol–water partition coefficient (Wildman–Crippen LogP) is 2.01. The van der Waals surface area contributed by atoms with E-state index in [1.165, 1.54) is 36.3 Å². The first-order valence-corrected chi connectivity index (χ1v) is 6.35. The highest BCUT2D eigenvalue weighted by Gasteiger charge is 2.17. The van der Waals surface area contributed by atoms with Crippen molar-refractivity contribution in [1.29, 1.82) is 0 Å². The van der Waals surface area contributed by atoms with Gasteiger partial charge in [-0.25, -0.2) is 4.79 Å². The summed E-state index contributed by atoms with van der Waals surface area (Å²) in [5, 5.41) is 13.2. The molecule has 8 heteroatoms. The number of methoxy groups -OCH3 is 1. The van der Waals surface area contributed by atoms with Crippen molar-refractivity contribution < 1.29 is 19.2 Å². The Hall–Kier alpha value is -2.64. The second kappa shape index (κ2) is 7.83. The number of anilines is 1. The standard InChI is InChI=1S/C13H17N3O5/c1-3-7-15(9-12(17)21-2)13(18)14-10-5-4-6-11(8-10)16(19)20/h4-6,8H,3,7,9H2,1-2H3,(H,14,18). The van der Waals surface area contributed by atoms with Crippen LogP contribution >= 0.6 is 0 Å². The maximum atomic E-state index is 12.1. The van der Waals surface area contributed by atoms with Crippen LogP contribution in [0.1, 0.15) is 13.3 Å². The zero-order valence-electron chi connectivity index (χ0n) is 11.9. The van der Waals surface area contributed by atoms with Gasteiger partial charge in [0, 0.05) is 24.4 Å². The summed E-state index contributed by atoms with van der Waals surface area (Å²) in [5.41, 5.74) is 0.169. The normalized spacial score (nSPS) is 9.81. The van der Waals surface area contributed by atoms with Crippen molar-refractivity contribution >= 4 is 23.4 Å². The van der Waals surface area contributed by atoms with E-state index in [1.807, 2.05) is 6.92 Å². The van der Waals surface area contributed by atoms with Crippen LogP contribution < -0.4 is 5.32 Å². The summed E-state index contributed by atoms with van der Waals surface area (Å²) < 4.78 is 4.53. The Bertz CT molecular complexity index is 532. The van der Waals surface area contributed by atoms with Gasteiger partial charge in [0.25, 0.3) is 5.69 Å². The highest BCUT2D eigenvalue weighted by Crippen LogP contribution is 2.17. The first-order chi connectivity index (χ1) is 9.97. The molecule has 1 N–H and O–H groups in total. The van der Waals surface area contributed by atoms with E-state index in [1.54, 1.807) is 0 Å². The molecule has 0 unspecified atom stereocenters. The number of nitro groups is 1. The third-order valence-electron chi connectivity index (χ3n) is 2.64. The van der Waals surface area contributed by atoms with Gasteiger partial charge >= 0.3 is 12.0 Å². The summed E-state index contributed by atoms with van der Waals surface area (Å²) >= 11 is 0. The van der Waals surface area contributed by atoms with Gasteiger partial charge in [-0.15, -0.1) is 0 Å². The van der Waals surface area contributed by atoms with Gasteiger partial charge in [-0.05, 0) is 12.5 Å². The van der Waals surface area contributed by atoms with Gasteiger partial charge in [0.2, 0.25) is 0 Å². The van der Waals surface area contributed by atoms with Crippen LogP contribution in [0.2, 0.25) is 0 Å². The van der Waals surface area contributed by atoms with Gasteiger partial charge in [-0.3, -0.25) is 14.9 Å². The van der Waals surface area contributed by atoms with Crippen molar-refractivity contribution in [3.63, 3.8) is 0 Å². The summed E-state index contributed by atoms with van der Waals surface area (Å²) in [6.07, 6.45) is 0.666. The monoisotopic (exact) mass is 295 g/mol. The number of esters is 1. The number of benzene rings is 1. The highest BCUT2D eigenvalue weighted by atomic mass is 16.6. The van der Waals surface area contributed by atoms with Crippen LogP contribution in [0.3, 0.4) is 0 Å². The highest BCUT2D eigenvalue weighted by molar-refractivity contribution is 5.91. The van der Waals surface area contributed by atoms with E-state index >= 15 is 0 Å². The molecular weight excluding hydrogens is 278 g/mol. The number of amides is 2. The molecule has 2 amide bonds. The Morgan fingerprint density at radius 2 is 2.14 bits per heavy atom. The average molecular weight is 295 g/mol. The fraction of sp³-hybridized carbons (Fsp3) is 0.385. The van der Waals surface area contributed by atoms with E-state index in [2.05, 4.69) is 10.1 Å². The molecule has 0 radical (unpaired) electrons. The Morgan fingerprint density at radius 3 is 2.71 bits per heavy atom. The summed E-state index contributed by atoms with van der Waals surface area (Å²) in [5.74, 6) is -0.530. The molecule has 0 heterocycles. The van der Waals surface area contributed by atoms with Gasteiger partial charge in [0.05, 0.1) is 12.0 Å². The molecule has 0 atom stereocenters. The van der Waals surface area contributed by atoms with Crippen LogP contribution in [0, 0.1) is 10.1 Å². The molecule has 0 bridgehead atoms. The third-order valence-corrected chi connectivity index (χ3v) is 2.64. The number of carbonyl (C=O) groups is 2. The molecule has 0 aliphatic heterocycles. The van der Waals surface area contributed by atoms with Crippen LogP contribution in [0.4, 0.5) is 16.2 Å². The van der Waals surface area contributed by atoms with Crippen LogP contribution in [0.5, 0.6) is 0 Å². The minimum Gasteiger partial charge on any atom is -0.468 e. The summed E-state index contributed by atoms with van der Waals surface area (Å²) in [7, 11) is 1.24. The SMILES string of the molecule is CCCN(CC(=O)OC)C(=O)Nc1cccc([N+](=O)[O-])c1. The van der Waals surface area contributed by atoms with Crippen LogP contribution in [0.15, 0.2) is 24.3 Å². The number of nitro benzene ring substituents is 1. The second-order valence-corrected chi connectivity index (χ2v) is 4.24. The van der Waals surface area contributed by atoms with Gasteiger partial charge in [-0.1, -0.05) is 13.0 Å². The number of nitrogens with zero attached hydrogens (tertiary/aromatic N) is 2. The van der Waals surface area contributed by atoms with Gasteiger partial charge in [0.15, 0.2) is 0 Å². The van der Waals surface area contributed by atoms with Crippen LogP contribution in [0.25, 0.3) is 0 Å². The number of ether oxygens (including phenoxy) is 1. The molecule has 0 saturated carbocycles. The lowest BCUT2D eigenvalue weighted by Gasteiger charge is -2.21. The summed E-state index contributed by atoms with van der Waals surface area (Å²) in [4.78, 5) is 34.8. The van der Waals surface area contributed by atoms with Crippen molar-refractivity contribution in [2.75, 3.05) is 25.5 Å². The first-order valence-electron chi connectivity index (χ1n) is 6.35. The molecule has 114 valence electrons. The lowest BCUT2D eigenvalue weighted by molar-refractivity contribution is -0.384. The Kier molecular flexibility index (Phi) is 6.12. The molecule has 0 aromatic heterocycles. The molecule has 21 heavy (non-hydrogen) atoms. The molecule has 1 aromatic rings. The fourth-order valence-corrected chi connectivity index (χ4v) is 1.64. The number of rotatable bonds is 6. The smallest absolute Gasteiger partial charge is 0.325 e. The summed E-state index contributed by atoms with van der Waals surface area (Å²) in [6, 6.07) is 5.07. The maximum absolute atomic E-state index is 12.1. The van der Waals surface area contributed by atoms with Crippen LogP contribution in [-0.4, -0.2) is 42.0 Å². The quantitative estimate of drug-likeness (QED) is 0.491. The average Bonchev–Trinajstić information content (AvgIpc) is 2.46. The molecule has 1 aromatic carbocycles. The summed E-state index contributed by atoms with van der Waals surface area (Å²) in [6.45, 7) is 2.06. The number of urea groups is 1. The number of hydrogen-bond acceptors (Lipinski definition) is 5. The maximum Gasteiger partial charge on any atom is 0.325 e. The minimum absolute atomic E-state index is 0.122. The number of non-ortho nitro benzene ring substituents is 1.